The maximum absolute atomic E-state index is 6.13. The van der Waals surface area contributed by atoms with Crippen molar-refractivity contribution in [1.29, 1.82) is 0 Å². The molecule has 0 aromatic heterocycles. The van der Waals surface area contributed by atoms with E-state index in [1.807, 2.05) is 54.6 Å². The number of benzene rings is 2. The third-order valence-corrected chi connectivity index (χ3v) is 4.03. The largest absolute Gasteiger partial charge is 0.490 e. The van der Waals surface area contributed by atoms with E-state index < -0.39 is 0 Å². The van der Waals surface area contributed by atoms with Gasteiger partial charge in [0.1, 0.15) is 5.75 Å². The molecule has 2 aromatic rings. The first-order chi connectivity index (χ1) is 11.3. The first kappa shape index (κ1) is 15.4. The van der Waals surface area contributed by atoms with Crippen LogP contribution in [0.25, 0.3) is 0 Å². The van der Waals surface area contributed by atoms with E-state index in [1.165, 1.54) is 12.8 Å². The van der Waals surface area contributed by atoms with Crippen LogP contribution in [0.3, 0.4) is 0 Å². The molecule has 0 spiro atoms. The van der Waals surface area contributed by atoms with Gasteiger partial charge in [-0.05, 0) is 43.9 Å². The normalized spacial score (nSPS) is 15.6. The molecule has 0 radical (unpaired) electrons. The second-order valence-corrected chi connectivity index (χ2v) is 5.82. The lowest BCUT2D eigenvalue weighted by molar-refractivity contribution is 0.208. The molecular weight excluding hydrogens is 286 g/mol. The standard InChI is InChI=1S/C19H23N3O/c20-19(22-16-9-2-1-3-10-16)21-14-15-8-4-7-13-18(15)23-17-11-5-6-12-17/h1-4,7-10,13,17H,5-6,11-12,14H2,(H3,20,21,22). The van der Waals surface area contributed by atoms with Gasteiger partial charge in [0, 0.05) is 11.3 Å². The number of anilines is 1. The molecule has 1 saturated carbocycles. The number of aliphatic imine (C=N–C) groups is 1. The van der Waals surface area contributed by atoms with E-state index in [1.54, 1.807) is 0 Å². The smallest absolute Gasteiger partial charge is 0.193 e. The molecule has 0 heterocycles. The number of para-hydroxylation sites is 2. The zero-order valence-corrected chi connectivity index (χ0v) is 13.2. The van der Waals surface area contributed by atoms with Gasteiger partial charge in [0.25, 0.3) is 0 Å². The van der Waals surface area contributed by atoms with E-state index in [9.17, 15) is 0 Å². The zero-order valence-electron chi connectivity index (χ0n) is 13.2. The lowest BCUT2D eigenvalue weighted by atomic mass is 10.2. The van der Waals surface area contributed by atoms with Crippen LogP contribution in [0.5, 0.6) is 5.75 Å². The van der Waals surface area contributed by atoms with Crippen LogP contribution in [0.4, 0.5) is 5.69 Å². The molecule has 4 nitrogen and oxygen atoms in total. The van der Waals surface area contributed by atoms with Crippen LogP contribution in [0.15, 0.2) is 59.6 Å². The van der Waals surface area contributed by atoms with Gasteiger partial charge in [-0.15, -0.1) is 0 Å². The van der Waals surface area contributed by atoms with Crippen molar-refractivity contribution in [3.63, 3.8) is 0 Å². The Balaban J connectivity index is 1.63. The summed E-state index contributed by atoms with van der Waals surface area (Å²) in [6.07, 6.45) is 5.17. The molecule has 120 valence electrons. The van der Waals surface area contributed by atoms with E-state index in [0.29, 0.717) is 18.6 Å². The maximum atomic E-state index is 6.13. The van der Waals surface area contributed by atoms with Crippen LogP contribution in [0.1, 0.15) is 31.2 Å². The second-order valence-electron chi connectivity index (χ2n) is 5.82. The van der Waals surface area contributed by atoms with Crippen molar-refractivity contribution in [3.8, 4) is 5.75 Å². The van der Waals surface area contributed by atoms with Gasteiger partial charge in [0.2, 0.25) is 0 Å². The van der Waals surface area contributed by atoms with Crippen molar-refractivity contribution in [2.75, 3.05) is 5.32 Å². The number of hydrogen-bond donors (Lipinski definition) is 2. The molecule has 3 rings (SSSR count). The Morgan fingerprint density at radius 1 is 1.04 bits per heavy atom. The molecule has 4 heteroatoms. The number of rotatable bonds is 5. The number of hydrogen-bond acceptors (Lipinski definition) is 2. The van der Waals surface area contributed by atoms with E-state index in [-0.39, 0.29) is 0 Å². The quantitative estimate of drug-likeness (QED) is 0.650. The van der Waals surface area contributed by atoms with E-state index in [0.717, 1.165) is 29.8 Å². The number of nitrogens with two attached hydrogens (primary N) is 1. The van der Waals surface area contributed by atoms with Gasteiger partial charge < -0.3 is 15.8 Å². The highest BCUT2D eigenvalue weighted by molar-refractivity contribution is 5.92. The van der Waals surface area contributed by atoms with Crippen molar-refractivity contribution in [2.45, 2.75) is 38.3 Å². The molecule has 1 aliphatic carbocycles. The van der Waals surface area contributed by atoms with Crippen molar-refractivity contribution in [1.82, 2.24) is 0 Å². The summed E-state index contributed by atoms with van der Waals surface area (Å²) in [5.74, 6) is 1.34. The lowest BCUT2D eigenvalue weighted by Crippen LogP contribution is -2.22. The Bertz CT molecular complexity index is 649. The molecule has 23 heavy (non-hydrogen) atoms. The van der Waals surface area contributed by atoms with Gasteiger partial charge in [-0.3, -0.25) is 0 Å². The van der Waals surface area contributed by atoms with Crippen LogP contribution < -0.4 is 15.8 Å². The highest BCUT2D eigenvalue weighted by Gasteiger charge is 2.17. The van der Waals surface area contributed by atoms with Crippen LogP contribution in [-0.4, -0.2) is 12.1 Å². The average Bonchev–Trinajstić information content (AvgIpc) is 3.08. The van der Waals surface area contributed by atoms with Crippen LogP contribution in [0, 0.1) is 0 Å². The predicted octanol–water partition coefficient (Wildman–Crippen LogP) is 3.93. The molecule has 2 aromatic carbocycles. The molecule has 0 unspecified atom stereocenters. The summed E-state index contributed by atoms with van der Waals surface area (Å²) in [4.78, 5) is 4.43. The van der Waals surface area contributed by atoms with Gasteiger partial charge in [0.05, 0.1) is 12.6 Å². The minimum absolute atomic E-state index is 0.347. The minimum Gasteiger partial charge on any atom is -0.490 e. The summed E-state index contributed by atoms with van der Waals surface area (Å²) in [5, 5.41) is 3.09. The summed E-state index contributed by atoms with van der Waals surface area (Å²) in [6.45, 7) is 0.508. The fourth-order valence-electron chi connectivity index (χ4n) is 2.81. The summed E-state index contributed by atoms with van der Waals surface area (Å²) in [7, 11) is 0. The van der Waals surface area contributed by atoms with Gasteiger partial charge >= 0.3 is 0 Å². The third kappa shape index (κ3) is 4.49. The van der Waals surface area contributed by atoms with Gasteiger partial charge in [-0.25, -0.2) is 4.99 Å². The molecular formula is C19H23N3O. The second kappa shape index (κ2) is 7.68. The predicted molar refractivity (Wildman–Crippen MR) is 94.7 cm³/mol. The molecule has 3 N–H and O–H groups in total. The van der Waals surface area contributed by atoms with Gasteiger partial charge in [0.15, 0.2) is 5.96 Å². The Kier molecular flexibility index (Phi) is 5.14. The Hall–Kier alpha value is -2.49. The van der Waals surface area contributed by atoms with E-state index in [4.69, 9.17) is 10.5 Å². The van der Waals surface area contributed by atoms with Gasteiger partial charge in [-0.2, -0.15) is 0 Å². The molecule has 0 saturated heterocycles. The number of ether oxygens (including phenoxy) is 1. The lowest BCUT2D eigenvalue weighted by Gasteiger charge is -2.15. The van der Waals surface area contributed by atoms with Crippen molar-refractivity contribution in [3.05, 3.63) is 60.2 Å². The topological polar surface area (TPSA) is 59.6 Å². The number of nitrogens with one attached hydrogen (secondary N) is 1. The SMILES string of the molecule is NC(=NCc1ccccc1OC1CCCC1)Nc1ccccc1. The number of nitrogens with zero attached hydrogens (tertiary/aromatic N) is 1. The third-order valence-electron chi connectivity index (χ3n) is 4.03. The highest BCUT2D eigenvalue weighted by atomic mass is 16.5. The minimum atomic E-state index is 0.347. The number of guanidine groups is 1. The first-order valence-corrected chi connectivity index (χ1v) is 8.18. The maximum Gasteiger partial charge on any atom is 0.193 e. The zero-order chi connectivity index (χ0) is 15.9. The van der Waals surface area contributed by atoms with Crippen molar-refractivity contribution in [2.24, 2.45) is 10.7 Å². The van der Waals surface area contributed by atoms with Gasteiger partial charge in [-0.1, -0.05) is 36.4 Å². The van der Waals surface area contributed by atoms with Crippen molar-refractivity contribution < 1.29 is 4.74 Å². The van der Waals surface area contributed by atoms with Crippen molar-refractivity contribution >= 4 is 11.6 Å². The summed E-state index contributed by atoms with van der Waals surface area (Å²) in [5.41, 5.74) is 7.97. The fourth-order valence-corrected chi connectivity index (χ4v) is 2.81. The van der Waals surface area contributed by atoms with Crippen LogP contribution >= 0.6 is 0 Å². The average molecular weight is 309 g/mol. The Morgan fingerprint density at radius 2 is 1.74 bits per heavy atom. The summed E-state index contributed by atoms with van der Waals surface area (Å²) in [6, 6.07) is 17.9. The Labute approximate surface area is 137 Å². The molecule has 0 aliphatic heterocycles. The van der Waals surface area contributed by atoms with E-state index in [2.05, 4.69) is 10.3 Å². The van der Waals surface area contributed by atoms with Crippen LogP contribution in [0.2, 0.25) is 0 Å². The fraction of sp³-hybridized carbons (Fsp3) is 0.316. The molecule has 1 fully saturated rings. The molecule has 0 amide bonds. The monoisotopic (exact) mass is 309 g/mol. The molecule has 0 atom stereocenters. The first-order valence-electron chi connectivity index (χ1n) is 8.18. The van der Waals surface area contributed by atoms with Crippen LogP contribution in [-0.2, 0) is 6.54 Å². The summed E-state index contributed by atoms with van der Waals surface area (Å²) >= 11 is 0. The highest BCUT2D eigenvalue weighted by Crippen LogP contribution is 2.27. The molecule has 1 aliphatic rings. The molecule has 0 bridgehead atoms. The Morgan fingerprint density at radius 3 is 2.52 bits per heavy atom. The summed E-state index contributed by atoms with van der Waals surface area (Å²) < 4.78 is 6.13. The van der Waals surface area contributed by atoms with E-state index >= 15 is 0 Å².